The number of thiazole rings is 1. The van der Waals surface area contributed by atoms with Crippen LogP contribution in [0, 0.1) is 0 Å². The third-order valence-corrected chi connectivity index (χ3v) is 7.33. The molecule has 1 aromatic carbocycles. The fourth-order valence-electron chi connectivity index (χ4n) is 4.35. The summed E-state index contributed by atoms with van der Waals surface area (Å²) in [6, 6.07) is 11.7. The van der Waals surface area contributed by atoms with Gasteiger partial charge in [0.15, 0.2) is 5.82 Å². The van der Waals surface area contributed by atoms with Crippen LogP contribution in [0.2, 0.25) is 0 Å². The summed E-state index contributed by atoms with van der Waals surface area (Å²) in [6.45, 7) is 1.18. The normalized spacial score (nSPS) is 15.4. The van der Waals surface area contributed by atoms with Crippen LogP contribution in [0.15, 0.2) is 54.2 Å². The lowest BCUT2D eigenvalue weighted by Gasteiger charge is -2.40. The Morgan fingerprint density at radius 2 is 2.03 bits per heavy atom. The molecule has 5 N–H and O–H groups in total. The van der Waals surface area contributed by atoms with Gasteiger partial charge in [-0.15, -0.1) is 11.3 Å². The van der Waals surface area contributed by atoms with Crippen LogP contribution < -0.4 is 21.3 Å². The Balaban J connectivity index is 1.32. The van der Waals surface area contributed by atoms with Crippen LogP contribution in [0.25, 0.3) is 21.5 Å². The first-order chi connectivity index (χ1) is 16.5. The summed E-state index contributed by atoms with van der Waals surface area (Å²) in [4.78, 5) is 39.2. The Hall–Kier alpha value is -3.76. The summed E-state index contributed by atoms with van der Waals surface area (Å²) < 4.78 is 0. The van der Waals surface area contributed by atoms with E-state index in [0.717, 1.165) is 21.5 Å². The van der Waals surface area contributed by atoms with Crippen LogP contribution in [0.3, 0.4) is 0 Å². The van der Waals surface area contributed by atoms with Crippen LogP contribution in [-0.2, 0) is 4.79 Å². The number of amides is 2. The number of nitrogens with two attached hydrogens (primary N) is 1. The summed E-state index contributed by atoms with van der Waals surface area (Å²) in [5.41, 5.74) is 7.89. The molecule has 4 heterocycles. The average molecular weight is 476 g/mol. The van der Waals surface area contributed by atoms with E-state index in [-0.39, 0.29) is 11.8 Å². The summed E-state index contributed by atoms with van der Waals surface area (Å²) in [7, 11) is 1.76. The van der Waals surface area contributed by atoms with Crippen LogP contribution in [0.4, 0.5) is 11.5 Å². The van der Waals surface area contributed by atoms with Crippen molar-refractivity contribution in [1.82, 2.24) is 20.3 Å². The second-order valence-electron chi connectivity index (χ2n) is 8.33. The topological polar surface area (TPSA) is 129 Å². The highest BCUT2D eigenvalue weighted by molar-refractivity contribution is 7.13. The van der Waals surface area contributed by atoms with Crippen molar-refractivity contribution in [3.63, 3.8) is 0 Å². The van der Waals surface area contributed by atoms with Crippen molar-refractivity contribution in [1.29, 1.82) is 0 Å². The number of nitrogens with one attached hydrogen (secondary N) is 3. The van der Waals surface area contributed by atoms with E-state index in [1.165, 1.54) is 11.3 Å². The molecular weight excluding hydrogens is 450 g/mol. The Labute approximate surface area is 200 Å². The molecule has 1 saturated heterocycles. The molecule has 0 bridgehead atoms. The SMILES string of the molecule is CNC1(C(N)=O)CCN(c2ncccc2NC(=O)c2csc(-c3ccc4[nH]ccc4c3)n2)CC1. The van der Waals surface area contributed by atoms with Gasteiger partial charge in [-0.1, -0.05) is 0 Å². The molecule has 34 heavy (non-hydrogen) atoms. The number of primary amides is 1. The van der Waals surface area contributed by atoms with Gasteiger partial charge in [0.05, 0.1) is 5.69 Å². The Kier molecular flexibility index (Phi) is 5.76. The van der Waals surface area contributed by atoms with Gasteiger partial charge in [0.1, 0.15) is 16.2 Å². The van der Waals surface area contributed by atoms with Crippen LogP contribution in [0.5, 0.6) is 0 Å². The van der Waals surface area contributed by atoms with Gasteiger partial charge in [-0.2, -0.15) is 0 Å². The first-order valence-corrected chi connectivity index (χ1v) is 11.9. The van der Waals surface area contributed by atoms with E-state index in [4.69, 9.17) is 5.73 Å². The van der Waals surface area contributed by atoms with E-state index in [1.807, 2.05) is 30.5 Å². The van der Waals surface area contributed by atoms with Crippen LogP contribution in [0.1, 0.15) is 23.3 Å². The molecule has 0 atom stereocenters. The zero-order valence-electron chi connectivity index (χ0n) is 18.7. The number of aromatic nitrogens is 3. The molecular formula is C24H25N7O2S. The first-order valence-electron chi connectivity index (χ1n) is 11.0. The molecule has 0 aliphatic carbocycles. The Morgan fingerprint density at radius 3 is 2.79 bits per heavy atom. The molecule has 0 saturated carbocycles. The lowest BCUT2D eigenvalue weighted by atomic mass is 9.87. The van der Waals surface area contributed by atoms with Gasteiger partial charge in [-0.25, -0.2) is 9.97 Å². The van der Waals surface area contributed by atoms with E-state index in [0.29, 0.717) is 43.1 Å². The molecule has 0 radical (unpaired) electrons. The van der Waals surface area contributed by atoms with Crippen molar-refractivity contribution < 1.29 is 9.59 Å². The summed E-state index contributed by atoms with van der Waals surface area (Å²) >= 11 is 1.43. The molecule has 3 aromatic heterocycles. The maximum absolute atomic E-state index is 13.0. The first kappa shape index (κ1) is 22.1. The number of likely N-dealkylation sites (N-methyl/N-ethyl adjacent to an activating group) is 1. The number of H-pyrrole nitrogens is 1. The van der Waals surface area contributed by atoms with Gasteiger partial charge >= 0.3 is 0 Å². The van der Waals surface area contributed by atoms with Crippen molar-refractivity contribution >= 4 is 45.6 Å². The minimum absolute atomic E-state index is 0.293. The smallest absolute Gasteiger partial charge is 0.275 e. The quantitative estimate of drug-likeness (QED) is 0.339. The van der Waals surface area contributed by atoms with Crippen LogP contribution >= 0.6 is 11.3 Å². The maximum atomic E-state index is 13.0. The average Bonchev–Trinajstić information content (AvgIpc) is 3.54. The fraction of sp³-hybridized carbons (Fsp3) is 0.250. The van der Waals surface area contributed by atoms with Gasteiger partial charge in [0.25, 0.3) is 5.91 Å². The molecule has 4 aromatic rings. The number of fused-ring (bicyclic) bond motifs is 1. The van der Waals surface area contributed by atoms with Crippen molar-refractivity contribution in [3.8, 4) is 10.6 Å². The third kappa shape index (κ3) is 4.02. The van der Waals surface area contributed by atoms with E-state index in [2.05, 4.69) is 36.6 Å². The van der Waals surface area contributed by atoms with Gasteiger partial charge < -0.3 is 26.3 Å². The fourth-order valence-corrected chi connectivity index (χ4v) is 5.15. The van der Waals surface area contributed by atoms with Gasteiger partial charge in [-0.3, -0.25) is 9.59 Å². The number of rotatable bonds is 6. The number of pyridine rings is 1. The number of aromatic amines is 1. The highest BCUT2D eigenvalue weighted by atomic mass is 32.1. The summed E-state index contributed by atoms with van der Waals surface area (Å²) in [6.07, 6.45) is 4.71. The molecule has 2 amide bonds. The van der Waals surface area contributed by atoms with Gasteiger partial charge in [-0.05, 0) is 56.3 Å². The van der Waals surface area contributed by atoms with Gasteiger partial charge in [0, 0.05) is 47.3 Å². The molecule has 9 nitrogen and oxygen atoms in total. The molecule has 0 spiro atoms. The largest absolute Gasteiger partial charge is 0.368 e. The second kappa shape index (κ2) is 8.88. The molecule has 174 valence electrons. The second-order valence-corrected chi connectivity index (χ2v) is 9.19. The highest BCUT2D eigenvalue weighted by Crippen LogP contribution is 2.31. The zero-order chi connectivity index (χ0) is 23.7. The predicted octanol–water partition coefficient (Wildman–Crippen LogP) is 2.98. The number of hydrogen-bond donors (Lipinski definition) is 4. The summed E-state index contributed by atoms with van der Waals surface area (Å²) in [5, 5.41) is 9.68. The van der Waals surface area contributed by atoms with Crippen LogP contribution in [-0.4, -0.2) is 52.4 Å². The molecule has 1 aliphatic rings. The van der Waals surface area contributed by atoms with Gasteiger partial charge in [0.2, 0.25) is 5.91 Å². The zero-order valence-corrected chi connectivity index (χ0v) is 19.5. The molecule has 0 unspecified atom stereocenters. The number of piperidine rings is 1. The molecule has 1 aliphatic heterocycles. The number of hydrogen-bond acceptors (Lipinski definition) is 7. The number of anilines is 2. The summed E-state index contributed by atoms with van der Waals surface area (Å²) in [5.74, 6) is 0.0239. The molecule has 5 rings (SSSR count). The van der Waals surface area contributed by atoms with E-state index < -0.39 is 5.54 Å². The van der Waals surface area contributed by atoms with E-state index in [1.54, 1.807) is 24.7 Å². The highest BCUT2D eigenvalue weighted by Gasteiger charge is 2.39. The lowest BCUT2D eigenvalue weighted by molar-refractivity contribution is -0.125. The number of carbonyl (C=O) groups is 2. The maximum Gasteiger partial charge on any atom is 0.275 e. The van der Waals surface area contributed by atoms with Crippen molar-refractivity contribution in [2.75, 3.05) is 30.4 Å². The predicted molar refractivity (Wildman–Crippen MR) is 134 cm³/mol. The van der Waals surface area contributed by atoms with Crippen molar-refractivity contribution in [2.24, 2.45) is 5.73 Å². The van der Waals surface area contributed by atoms with Crippen molar-refractivity contribution in [3.05, 3.63) is 59.9 Å². The monoisotopic (exact) mass is 475 g/mol. The number of nitrogens with zero attached hydrogens (tertiary/aromatic N) is 3. The lowest BCUT2D eigenvalue weighted by Crippen LogP contribution is -2.59. The molecule has 1 fully saturated rings. The Morgan fingerprint density at radius 1 is 1.21 bits per heavy atom. The third-order valence-electron chi connectivity index (χ3n) is 6.44. The minimum Gasteiger partial charge on any atom is -0.368 e. The minimum atomic E-state index is -0.713. The van der Waals surface area contributed by atoms with Crippen molar-refractivity contribution in [2.45, 2.75) is 18.4 Å². The Bertz CT molecular complexity index is 1350. The van der Waals surface area contributed by atoms with E-state index in [9.17, 15) is 9.59 Å². The van der Waals surface area contributed by atoms with E-state index >= 15 is 0 Å². The number of benzene rings is 1. The standard InChI is InChI=1S/C24H25N7O2S/c1-26-24(23(25)33)7-11-31(12-8-24)20-18(3-2-9-28-20)29-21(32)19-14-34-22(30-19)16-4-5-17-15(13-16)6-10-27-17/h2-6,9-10,13-14,26-27H,7-8,11-12H2,1H3,(H2,25,33)(H,29,32). The molecule has 10 heteroatoms. The number of carbonyl (C=O) groups excluding carboxylic acids is 2.